The quantitative estimate of drug-likeness (QED) is 0.840. The first kappa shape index (κ1) is 14.7. The minimum Gasteiger partial charge on any atom is -0.482 e. The van der Waals surface area contributed by atoms with Crippen LogP contribution in [0.3, 0.4) is 0 Å². The summed E-state index contributed by atoms with van der Waals surface area (Å²) in [5, 5.41) is 0. The topological polar surface area (TPSA) is 58.8 Å². The number of piperazine rings is 1. The fourth-order valence-corrected chi connectivity index (χ4v) is 2.33. The molecule has 2 N–H and O–H groups in total. The molecule has 1 aliphatic heterocycles. The number of carbonyl (C=O) groups excluding carboxylic acids is 1. The lowest BCUT2D eigenvalue weighted by atomic mass is 10.2. The van der Waals surface area contributed by atoms with Gasteiger partial charge in [0.05, 0.1) is 5.69 Å². The molecule has 1 aromatic rings. The lowest BCUT2D eigenvalue weighted by Gasteiger charge is -2.36. The Kier molecular flexibility index (Phi) is 4.84. The zero-order valence-corrected chi connectivity index (χ0v) is 12.2. The predicted octanol–water partition coefficient (Wildman–Crippen LogP) is 1.20. The van der Waals surface area contributed by atoms with Gasteiger partial charge in [-0.25, -0.2) is 0 Å². The fourth-order valence-electron chi connectivity index (χ4n) is 2.33. The number of carbonyl (C=O) groups is 1. The molecule has 1 heterocycles. The minimum atomic E-state index is 0.0247. The summed E-state index contributed by atoms with van der Waals surface area (Å²) in [5.74, 6) is 0.596. The molecule has 0 saturated carbocycles. The molecule has 1 fully saturated rings. The average Bonchev–Trinajstić information content (AvgIpc) is 2.46. The summed E-state index contributed by atoms with van der Waals surface area (Å²) in [5.41, 5.74) is 6.34. The van der Waals surface area contributed by atoms with Gasteiger partial charge in [0, 0.05) is 32.2 Å². The summed E-state index contributed by atoms with van der Waals surface area (Å²) in [6.45, 7) is 7.80. The third-order valence-corrected chi connectivity index (χ3v) is 3.67. The van der Waals surface area contributed by atoms with E-state index in [1.165, 1.54) is 0 Å². The summed E-state index contributed by atoms with van der Waals surface area (Å²) < 4.78 is 5.50. The van der Waals surface area contributed by atoms with Crippen molar-refractivity contribution in [2.24, 2.45) is 0 Å². The smallest absolute Gasteiger partial charge is 0.260 e. The molecule has 5 heteroatoms. The first-order valence-electron chi connectivity index (χ1n) is 7.07. The van der Waals surface area contributed by atoms with Gasteiger partial charge in [-0.3, -0.25) is 9.69 Å². The van der Waals surface area contributed by atoms with Crippen LogP contribution in [0.2, 0.25) is 0 Å². The Bertz CT molecular complexity index is 454. The number of rotatable bonds is 4. The number of para-hydroxylation sites is 2. The predicted molar refractivity (Wildman–Crippen MR) is 79.6 cm³/mol. The molecular formula is C15H23N3O2. The molecule has 20 heavy (non-hydrogen) atoms. The van der Waals surface area contributed by atoms with Crippen molar-refractivity contribution in [3.8, 4) is 5.75 Å². The van der Waals surface area contributed by atoms with Gasteiger partial charge in [-0.1, -0.05) is 12.1 Å². The van der Waals surface area contributed by atoms with Gasteiger partial charge in [0.1, 0.15) is 5.75 Å². The molecule has 0 radical (unpaired) electrons. The molecule has 1 saturated heterocycles. The van der Waals surface area contributed by atoms with E-state index >= 15 is 0 Å². The number of ether oxygens (including phenoxy) is 1. The highest BCUT2D eigenvalue weighted by atomic mass is 16.5. The van der Waals surface area contributed by atoms with Gasteiger partial charge in [0.2, 0.25) is 0 Å². The van der Waals surface area contributed by atoms with Crippen LogP contribution in [0.25, 0.3) is 0 Å². The van der Waals surface area contributed by atoms with Gasteiger partial charge in [-0.2, -0.15) is 0 Å². The van der Waals surface area contributed by atoms with Gasteiger partial charge >= 0.3 is 0 Å². The second-order valence-electron chi connectivity index (χ2n) is 5.34. The molecule has 0 aliphatic carbocycles. The van der Waals surface area contributed by atoms with Crippen molar-refractivity contribution >= 4 is 11.6 Å². The summed E-state index contributed by atoms with van der Waals surface area (Å²) >= 11 is 0. The van der Waals surface area contributed by atoms with E-state index in [4.69, 9.17) is 10.5 Å². The van der Waals surface area contributed by atoms with Crippen LogP contribution in [0.5, 0.6) is 5.75 Å². The molecule has 5 nitrogen and oxygen atoms in total. The Morgan fingerprint density at radius 2 is 1.90 bits per heavy atom. The van der Waals surface area contributed by atoms with E-state index in [0.29, 0.717) is 17.5 Å². The molecule has 0 unspecified atom stereocenters. The fraction of sp³-hybridized carbons (Fsp3) is 0.533. The third-order valence-electron chi connectivity index (χ3n) is 3.67. The van der Waals surface area contributed by atoms with E-state index in [2.05, 4.69) is 18.7 Å². The first-order chi connectivity index (χ1) is 9.58. The average molecular weight is 277 g/mol. The summed E-state index contributed by atoms with van der Waals surface area (Å²) in [4.78, 5) is 16.3. The molecule has 0 spiro atoms. The molecule has 0 bridgehead atoms. The van der Waals surface area contributed by atoms with Crippen LogP contribution in [0.1, 0.15) is 13.8 Å². The van der Waals surface area contributed by atoms with Crippen LogP contribution in [0.4, 0.5) is 5.69 Å². The van der Waals surface area contributed by atoms with E-state index in [0.717, 1.165) is 26.2 Å². The van der Waals surface area contributed by atoms with E-state index < -0.39 is 0 Å². The maximum Gasteiger partial charge on any atom is 0.260 e. The van der Waals surface area contributed by atoms with E-state index in [-0.39, 0.29) is 12.5 Å². The normalized spacial score (nSPS) is 16.4. The minimum absolute atomic E-state index is 0.0247. The molecule has 2 rings (SSSR count). The van der Waals surface area contributed by atoms with Gasteiger partial charge in [0.15, 0.2) is 6.61 Å². The molecule has 1 aliphatic rings. The number of benzene rings is 1. The summed E-state index contributed by atoms with van der Waals surface area (Å²) in [6.07, 6.45) is 0. The van der Waals surface area contributed by atoms with Crippen molar-refractivity contribution < 1.29 is 9.53 Å². The number of nitrogens with zero attached hydrogens (tertiary/aromatic N) is 2. The van der Waals surface area contributed by atoms with Crippen molar-refractivity contribution in [2.45, 2.75) is 19.9 Å². The zero-order chi connectivity index (χ0) is 14.5. The van der Waals surface area contributed by atoms with E-state index in [1.54, 1.807) is 12.1 Å². The van der Waals surface area contributed by atoms with Gasteiger partial charge in [-0.15, -0.1) is 0 Å². The highest BCUT2D eigenvalue weighted by Gasteiger charge is 2.22. The van der Waals surface area contributed by atoms with E-state index in [1.807, 2.05) is 17.0 Å². The molecule has 0 aromatic heterocycles. The largest absolute Gasteiger partial charge is 0.482 e. The van der Waals surface area contributed by atoms with Crippen molar-refractivity contribution in [3.05, 3.63) is 24.3 Å². The Hall–Kier alpha value is -1.75. The highest BCUT2D eigenvalue weighted by Crippen LogP contribution is 2.19. The maximum absolute atomic E-state index is 12.1. The maximum atomic E-state index is 12.1. The van der Waals surface area contributed by atoms with Crippen LogP contribution in [-0.2, 0) is 4.79 Å². The number of hydrogen-bond donors (Lipinski definition) is 1. The SMILES string of the molecule is CC(C)N1CCN(C(=O)COc2ccccc2N)CC1. The zero-order valence-electron chi connectivity index (χ0n) is 12.2. The van der Waals surface area contributed by atoms with Crippen LogP contribution in [0, 0.1) is 0 Å². The number of amides is 1. The van der Waals surface area contributed by atoms with Crippen molar-refractivity contribution in [3.63, 3.8) is 0 Å². The Morgan fingerprint density at radius 3 is 2.50 bits per heavy atom. The van der Waals surface area contributed by atoms with Gasteiger partial charge in [0.25, 0.3) is 5.91 Å². The van der Waals surface area contributed by atoms with Crippen LogP contribution in [0.15, 0.2) is 24.3 Å². The number of nitrogens with two attached hydrogens (primary N) is 1. The Labute approximate surface area is 120 Å². The van der Waals surface area contributed by atoms with Crippen molar-refractivity contribution in [1.82, 2.24) is 9.80 Å². The second-order valence-corrected chi connectivity index (χ2v) is 5.34. The number of nitrogen functional groups attached to an aromatic ring is 1. The summed E-state index contributed by atoms with van der Waals surface area (Å²) in [7, 11) is 0. The van der Waals surface area contributed by atoms with Gasteiger partial charge in [-0.05, 0) is 26.0 Å². The van der Waals surface area contributed by atoms with Crippen molar-refractivity contribution in [1.29, 1.82) is 0 Å². The second kappa shape index (κ2) is 6.61. The lowest BCUT2D eigenvalue weighted by Crippen LogP contribution is -2.51. The van der Waals surface area contributed by atoms with Crippen LogP contribution in [-0.4, -0.2) is 54.5 Å². The number of anilines is 1. The Balaban J connectivity index is 1.80. The molecule has 1 amide bonds. The lowest BCUT2D eigenvalue weighted by molar-refractivity contribution is -0.135. The van der Waals surface area contributed by atoms with Gasteiger partial charge < -0.3 is 15.4 Å². The highest BCUT2D eigenvalue weighted by molar-refractivity contribution is 5.78. The Morgan fingerprint density at radius 1 is 1.25 bits per heavy atom. The van der Waals surface area contributed by atoms with Crippen LogP contribution < -0.4 is 10.5 Å². The molecule has 1 aromatic carbocycles. The molecule has 110 valence electrons. The standard InChI is InChI=1S/C15H23N3O2/c1-12(2)17-7-9-18(10-8-17)15(19)11-20-14-6-4-3-5-13(14)16/h3-6,12H,7-11,16H2,1-2H3. The third kappa shape index (κ3) is 3.63. The summed E-state index contributed by atoms with van der Waals surface area (Å²) in [6, 6.07) is 7.76. The first-order valence-corrected chi connectivity index (χ1v) is 7.07. The number of hydrogen-bond acceptors (Lipinski definition) is 4. The van der Waals surface area contributed by atoms with Crippen molar-refractivity contribution in [2.75, 3.05) is 38.5 Å². The van der Waals surface area contributed by atoms with Crippen LogP contribution >= 0.6 is 0 Å². The van der Waals surface area contributed by atoms with E-state index in [9.17, 15) is 4.79 Å². The molecular weight excluding hydrogens is 254 g/mol. The monoisotopic (exact) mass is 277 g/mol. The molecule has 0 atom stereocenters.